The average molecular weight is 146 g/mol. The molecule has 0 aromatic carbocycles. The normalized spacial score (nSPS) is 9.40. The molecule has 0 aliphatic rings. The third-order valence-electron chi connectivity index (χ3n) is 1.02. The van der Waals surface area contributed by atoms with Gasteiger partial charge in [0.15, 0.2) is 0 Å². The van der Waals surface area contributed by atoms with Crippen molar-refractivity contribution >= 4 is 5.91 Å². The van der Waals surface area contributed by atoms with Crippen LogP contribution in [0.5, 0.6) is 0 Å². The van der Waals surface area contributed by atoms with Crippen LogP contribution in [-0.4, -0.2) is 37.3 Å². The highest BCUT2D eigenvalue weighted by Gasteiger charge is 1.93. The summed E-state index contributed by atoms with van der Waals surface area (Å²) in [5.74, 6) is -0.321. The molecule has 0 aromatic heterocycles. The van der Waals surface area contributed by atoms with E-state index in [2.05, 4.69) is 10.6 Å². The number of nitrogens with one attached hydrogen (secondary N) is 2. The van der Waals surface area contributed by atoms with E-state index in [1.165, 1.54) is 0 Å². The van der Waals surface area contributed by atoms with Gasteiger partial charge in [-0.1, -0.05) is 6.92 Å². The van der Waals surface area contributed by atoms with Gasteiger partial charge in [0.2, 0.25) is 5.91 Å². The van der Waals surface area contributed by atoms with Gasteiger partial charge in [-0.25, -0.2) is 0 Å². The predicted molar refractivity (Wildman–Crippen MR) is 38.6 cm³/mol. The molecule has 0 spiro atoms. The summed E-state index contributed by atoms with van der Waals surface area (Å²) in [6.45, 7) is 3.80. The molecule has 0 atom stereocenters. The van der Waals surface area contributed by atoms with Gasteiger partial charge in [0.25, 0.3) is 0 Å². The molecule has 0 radical (unpaired) electrons. The third-order valence-corrected chi connectivity index (χ3v) is 1.02. The summed E-state index contributed by atoms with van der Waals surface area (Å²) in [4.78, 5) is 10.4. The van der Waals surface area contributed by atoms with E-state index in [4.69, 9.17) is 5.11 Å². The van der Waals surface area contributed by atoms with Crippen molar-refractivity contribution in [2.24, 2.45) is 0 Å². The van der Waals surface area contributed by atoms with Crippen LogP contribution in [0.1, 0.15) is 6.92 Å². The van der Waals surface area contributed by atoms with E-state index in [-0.39, 0.29) is 5.91 Å². The van der Waals surface area contributed by atoms with Gasteiger partial charge in [-0.15, -0.1) is 0 Å². The van der Waals surface area contributed by atoms with Crippen LogP contribution in [0.15, 0.2) is 0 Å². The van der Waals surface area contributed by atoms with E-state index in [1.807, 2.05) is 6.92 Å². The monoisotopic (exact) mass is 146 g/mol. The van der Waals surface area contributed by atoms with Crippen molar-refractivity contribution < 1.29 is 9.90 Å². The summed E-state index contributed by atoms with van der Waals surface area (Å²) < 4.78 is 0. The number of carbonyl (C=O) groups excluding carboxylic acids is 1. The van der Waals surface area contributed by atoms with Gasteiger partial charge in [0.1, 0.15) is 6.61 Å². The maximum Gasteiger partial charge on any atom is 0.245 e. The van der Waals surface area contributed by atoms with E-state index < -0.39 is 6.61 Å². The quantitative estimate of drug-likeness (QED) is 0.423. The molecule has 3 N–H and O–H groups in total. The molecule has 0 fully saturated rings. The summed E-state index contributed by atoms with van der Waals surface area (Å²) >= 11 is 0. The molecule has 0 heterocycles. The lowest BCUT2D eigenvalue weighted by Crippen LogP contribution is -2.33. The number of likely N-dealkylation sites (N-methyl/N-ethyl adjacent to an activating group) is 1. The Balaban J connectivity index is 2.96. The SMILES string of the molecule is CCNCCNC(=O)CO. The van der Waals surface area contributed by atoms with E-state index >= 15 is 0 Å². The number of rotatable bonds is 5. The Bertz CT molecular complexity index is 95.7. The minimum atomic E-state index is -0.424. The number of hydrogen-bond donors (Lipinski definition) is 3. The van der Waals surface area contributed by atoms with Crippen LogP contribution < -0.4 is 10.6 Å². The summed E-state index contributed by atoms with van der Waals surface area (Å²) in [6, 6.07) is 0. The van der Waals surface area contributed by atoms with Crippen LogP contribution >= 0.6 is 0 Å². The Morgan fingerprint density at radius 3 is 2.70 bits per heavy atom. The molecule has 4 heteroatoms. The molecular formula is C6H14N2O2. The molecular weight excluding hydrogens is 132 g/mol. The molecule has 0 saturated carbocycles. The highest BCUT2D eigenvalue weighted by molar-refractivity contribution is 5.76. The Morgan fingerprint density at radius 2 is 2.20 bits per heavy atom. The molecule has 4 nitrogen and oxygen atoms in total. The van der Waals surface area contributed by atoms with Gasteiger partial charge in [-0.05, 0) is 6.54 Å². The molecule has 0 unspecified atom stereocenters. The fraction of sp³-hybridized carbons (Fsp3) is 0.833. The van der Waals surface area contributed by atoms with Crippen LogP contribution in [0, 0.1) is 0 Å². The van der Waals surface area contributed by atoms with Crippen LogP contribution in [-0.2, 0) is 4.79 Å². The fourth-order valence-corrected chi connectivity index (χ4v) is 0.523. The molecule has 0 saturated heterocycles. The first-order valence-electron chi connectivity index (χ1n) is 3.39. The number of carbonyl (C=O) groups is 1. The number of hydrogen-bond acceptors (Lipinski definition) is 3. The number of aliphatic hydroxyl groups excluding tert-OH is 1. The lowest BCUT2D eigenvalue weighted by Gasteiger charge is -2.02. The van der Waals surface area contributed by atoms with Gasteiger partial charge in [0.05, 0.1) is 0 Å². The van der Waals surface area contributed by atoms with Crippen molar-refractivity contribution in [1.29, 1.82) is 0 Å². The minimum Gasteiger partial charge on any atom is -0.387 e. The molecule has 1 amide bonds. The lowest BCUT2D eigenvalue weighted by molar-refractivity contribution is -0.123. The summed E-state index contributed by atoms with van der Waals surface area (Å²) in [5.41, 5.74) is 0. The third kappa shape index (κ3) is 5.53. The number of amides is 1. The van der Waals surface area contributed by atoms with Gasteiger partial charge in [-0.2, -0.15) is 0 Å². The molecule has 0 bridgehead atoms. The van der Waals surface area contributed by atoms with Crippen LogP contribution in [0.4, 0.5) is 0 Å². The largest absolute Gasteiger partial charge is 0.387 e. The average Bonchev–Trinajstić information content (AvgIpc) is 1.98. The van der Waals surface area contributed by atoms with Crippen molar-refractivity contribution in [3.63, 3.8) is 0 Å². The topological polar surface area (TPSA) is 61.4 Å². The highest BCUT2D eigenvalue weighted by atomic mass is 16.3. The highest BCUT2D eigenvalue weighted by Crippen LogP contribution is 1.61. The van der Waals surface area contributed by atoms with Gasteiger partial charge >= 0.3 is 0 Å². The van der Waals surface area contributed by atoms with Crippen molar-refractivity contribution in [2.45, 2.75) is 6.92 Å². The molecule has 0 aliphatic heterocycles. The van der Waals surface area contributed by atoms with Crippen molar-refractivity contribution in [3.8, 4) is 0 Å². The van der Waals surface area contributed by atoms with Crippen LogP contribution in [0.3, 0.4) is 0 Å². The first-order chi connectivity index (χ1) is 4.81. The first-order valence-corrected chi connectivity index (χ1v) is 3.39. The molecule has 60 valence electrons. The second-order valence-corrected chi connectivity index (χ2v) is 1.86. The zero-order chi connectivity index (χ0) is 7.82. The zero-order valence-corrected chi connectivity index (χ0v) is 6.18. The van der Waals surface area contributed by atoms with Crippen molar-refractivity contribution in [2.75, 3.05) is 26.2 Å². The minimum absolute atomic E-state index is 0.321. The van der Waals surface area contributed by atoms with Crippen LogP contribution in [0.2, 0.25) is 0 Å². The maximum absolute atomic E-state index is 10.4. The second kappa shape index (κ2) is 6.51. The standard InChI is InChI=1S/C6H14N2O2/c1-2-7-3-4-8-6(10)5-9/h7,9H,2-5H2,1H3,(H,8,10). The molecule has 0 aliphatic carbocycles. The summed E-state index contributed by atoms with van der Waals surface area (Å²) in [7, 11) is 0. The van der Waals surface area contributed by atoms with E-state index in [0.29, 0.717) is 6.54 Å². The number of aliphatic hydroxyl groups is 1. The van der Waals surface area contributed by atoms with Crippen molar-refractivity contribution in [1.82, 2.24) is 10.6 Å². The van der Waals surface area contributed by atoms with E-state index in [1.54, 1.807) is 0 Å². The summed E-state index contributed by atoms with van der Waals surface area (Å²) in [5, 5.41) is 13.8. The first kappa shape index (κ1) is 9.39. The predicted octanol–water partition coefficient (Wildman–Crippen LogP) is -1.30. The Kier molecular flexibility index (Phi) is 6.11. The van der Waals surface area contributed by atoms with Crippen molar-refractivity contribution in [3.05, 3.63) is 0 Å². The molecule has 0 aromatic rings. The lowest BCUT2D eigenvalue weighted by atomic mass is 10.5. The molecule has 10 heavy (non-hydrogen) atoms. The van der Waals surface area contributed by atoms with Crippen LogP contribution in [0.25, 0.3) is 0 Å². The second-order valence-electron chi connectivity index (χ2n) is 1.86. The van der Waals surface area contributed by atoms with Gasteiger partial charge < -0.3 is 15.7 Å². The van der Waals surface area contributed by atoms with Gasteiger partial charge in [-0.3, -0.25) is 4.79 Å². The van der Waals surface area contributed by atoms with E-state index in [0.717, 1.165) is 13.1 Å². The van der Waals surface area contributed by atoms with Gasteiger partial charge in [0, 0.05) is 13.1 Å². The fourth-order valence-electron chi connectivity index (χ4n) is 0.523. The summed E-state index contributed by atoms with van der Waals surface area (Å²) in [6.07, 6.45) is 0. The zero-order valence-electron chi connectivity index (χ0n) is 6.18. The Morgan fingerprint density at radius 1 is 1.50 bits per heavy atom. The van der Waals surface area contributed by atoms with E-state index in [9.17, 15) is 4.79 Å². The molecule has 0 rings (SSSR count). The Hall–Kier alpha value is -0.610. The Labute approximate surface area is 60.6 Å². The smallest absolute Gasteiger partial charge is 0.245 e. The maximum atomic E-state index is 10.4.